The van der Waals surface area contributed by atoms with Crippen LogP contribution in [0.3, 0.4) is 0 Å². The Labute approximate surface area is 105 Å². The van der Waals surface area contributed by atoms with Gasteiger partial charge >= 0.3 is 0 Å². The maximum absolute atomic E-state index is 10.3. The number of nitrogens with one attached hydrogen (secondary N) is 1. The summed E-state index contributed by atoms with van der Waals surface area (Å²) in [5.74, 6) is 0.745. The van der Waals surface area contributed by atoms with Gasteiger partial charge in [0.15, 0.2) is 0 Å². The molecule has 2 rings (SSSR count). The Balaban J connectivity index is 1.91. The molecule has 0 aromatic heterocycles. The maximum Gasteiger partial charge on any atom is 0.0765 e. The van der Waals surface area contributed by atoms with Crippen molar-refractivity contribution < 1.29 is 5.11 Å². The van der Waals surface area contributed by atoms with Crippen molar-refractivity contribution in [1.29, 1.82) is 0 Å². The molecule has 0 unspecified atom stereocenters. The first-order valence-electron chi connectivity index (χ1n) is 5.49. The number of rotatable bonds is 3. The minimum absolute atomic E-state index is 0.516. The van der Waals surface area contributed by atoms with E-state index >= 15 is 0 Å². The molecule has 1 fully saturated rings. The predicted molar refractivity (Wildman–Crippen MR) is 69.2 cm³/mol. The van der Waals surface area contributed by atoms with E-state index in [1.807, 2.05) is 24.3 Å². The Kier molecular flexibility index (Phi) is 4.14. The summed E-state index contributed by atoms with van der Waals surface area (Å²) in [7, 11) is 0. The van der Waals surface area contributed by atoms with E-state index in [2.05, 4.69) is 5.32 Å². The van der Waals surface area contributed by atoms with Gasteiger partial charge in [0.2, 0.25) is 0 Å². The number of thioether (sulfide) groups is 1. The fraction of sp³-hybridized carbons (Fsp3) is 0.500. The minimum atomic E-state index is -0.516. The van der Waals surface area contributed by atoms with E-state index in [0.717, 1.165) is 41.6 Å². The summed E-state index contributed by atoms with van der Waals surface area (Å²) in [6, 6.07) is 7.78. The van der Waals surface area contributed by atoms with Crippen LogP contribution < -0.4 is 5.32 Å². The van der Waals surface area contributed by atoms with Crippen LogP contribution in [0.15, 0.2) is 29.2 Å². The first-order valence-corrected chi connectivity index (χ1v) is 6.86. The summed E-state index contributed by atoms with van der Waals surface area (Å²) < 4.78 is 0. The zero-order valence-corrected chi connectivity index (χ0v) is 10.7. The second-order valence-electron chi connectivity index (χ2n) is 4.22. The lowest BCUT2D eigenvalue weighted by Crippen LogP contribution is -2.43. The molecule has 0 saturated carbocycles. The van der Waals surface area contributed by atoms with Crippen LogP contribution in [-0.2, 0) is 0 Å². The van der Waals surface area contributed by atoms with Crippen molar-refractivity contribution in [2.45, 2.75) is 23.3 Å². The lowest BCUT2D eigenvalue weighted by molar-refractivity contribution is 0.0339. The van der Waals surface area contributed by atoms with E-state index < -0.39 is 5.60 Å². The molecule has 0 atom stereocenters. The van der Waals surface area contributed by atoms with E-state index in [9.17, 15) is 5.11 Å². The highest BCUT2D eigenvalue weighted by Gasteiger charge is 2.28. The van der Waals surface area contributed by atoms with E-state index in [1.165, 1.54) is 0 Å². The summed E-state index contributed by atoms with van der Waals surface area (Å²) in [6.07, 6.45) is 1.67. The van der Waals surface area contributed by atoms with Crippen LogP contribution in [0.2, 0.25) is 5.02 Å². The van der Waals surface area contributed by atoms with E-state index in [4.69, 9.17) is 11.6 Å². The summed E-state index contributed by atoms with van der Waals surface area (Å²) in [6.45, 7) is 1.82. The first kappa shape index (κ1) is 12.2. The van der Waals surface area contributed by atoms with Crippen LogP contribution in [-0.4, -0.2) is 29.5 Å². The Hall–Kier alpha value is -0.220. The molecule has 2 nitrogen and oxygen atoms in total. The molecular formula is C12H16ClNOS. The van der Waals surface area contributed by atoms with Crippen LogP contribution in [0.4, 0.5) is 0 Å². The lowest BCUT2D eigenvalue weighted by atomic mass is 9.95. The molecular weight excluding hydrogens is 242 g/mol. The second-order valence-corrected chi connectivity index (χ2v) is 5.71. The van der Waals surface area contributed by atoms with Gasteiger partial charge < -0.3 is 10.4 Å². The molecule has 2 N–H and O–H groups in total. The van der Waals surface area contributed by atoms with E-state index in [1.54, 1.807) is 11.8 Å². The number of halogens is 1. The molecule has 1 aromatic rings. The first-order chi connectivity index (χ1) is 7.68. The Morgan fingerprint density at radius 1 is 1.38 bits per heavy atom. The van der Waals surface area contributed by atoms with Gasteiger partial charge in [-0.3, -0.25) is 0 Å². The lowest BCUT2D eigenvalue weighted by Gasteiger charge is -2.32. The molecule has 1 saturated heterocycles. The highest BCUT2D eigenvalue weighted by molar-refractivity contribution is 7.99. The van der Waals surface area contributed by atoms with Crippen LogP contribution in [0.25, 0.3) is 0 Å². The number of piperidine rings is 1. The Morgan fingerprint density at radius 3 is 2.81 bits per heavy atom. The van der Waals surface area contributed by atoms with Crippen molar-refractivity contribution in [3.63, 3.8) is 0 Å². The second kappa shape index (κ2) is 5.41. The van der Waals surface area contributed by atoms with Gasteiger partial charge in [-0.1, -0.05) is 17.7 Å². The van der Waals surface area contributed by atoms with Gasteiger partial charge in [0, 0.05) is 15.7 Å². The van der Waals surface area contributed by atoms with Crippen LogP contribution in [0, 0.1) is 0 Å². The molecule has 1 heterocycles. The van der Waals surface area contributed by atoms with E-state index in [0.29, 0.717) is 0 Å². The topological polar surface area (TPSA) is 32.3 Å². The predicted octanol–water partition coefficient (Wildman–Crippen LogP) is 2.55. The summed E-state index contributed by atoms with van der Waals surface area (Å²) in [5, 5.41) is 14.3. The number of hydrogen-bond donors (Lipinski definition) is 2. The fourth-order valence-corrected chi connectivity index (χ4v) is 3.18. The molecule has 0 radical (unpaired) electrons. The largest absolute Gasteiger partial charge is 0.389 e. The van der Waals surface area contributed by atoms with E-state index in [-0.39, 0.29) is 0 Å². The van der Waals surface area contributed by atoms with Crippen molar-refractivity contribution >= 4 is 23.4 Å². The van der Waals surface area contributed by atoms with Gasteiger partial charge in [-0.25, -0.2) is 0 Å². The van der Waals surface area contributed by atoms with Gasteiger partial charge in [0.25, 0.3) is 0 Å². The quantitative estimate of drug-likeness (QED) is 0.817. The fourth-order valence-electron chi connectivity index (χ4n) is 1.81. The highest BCUT2D eigenvalue weighted by Crippen LogP contribution is 2.29. The van der Waals surface area contributed by atoms with Gasteiger partial charge in [-0.15, -0.1) is 11.8 Å². The maximum atomic E-state index is 10.3. The van der Waals surface area contributed by atoms with Crippen molar-refractivity contribution in [3.8, 4) is 0 Å². The van der Waals surface area contributed by atoms with Crippen molar-refractivity contribution in [3.05, 3.63) is 29.3 Å². The zero-order chi connectivity index (χ0) is 11.4. The van der Waals surface area contributed by atoms with Crippen LogP contribution in [0.1, 0.15) is 12.8 Å². The van der Waals surface area contributed by atoms with Gasteiger partial charge in [-0.05, 0) is 44.1 Å². The highest BCUT2D eigenvalue weighted by atomic mass is 35.5. The zero-order valence-electron chi connectivity index (χ0n) is 9.08. The molecule has 0 amide bonds. The minimum Gasteiger partial charge on any atom is -0.389 e. The van der Waals surface area contributed by atoms with Gasteiger partial charge in [-0.2, -0.15) is 0 Å². The normalized spacial score (nSPS) is 19.6. The summed E-state index contributed by atoms with van der Waals surface area (Å²) in [4.78, 5) is 1.12. The third-order valence-electron chi connectivity index (χ3n) is 2.84. The third-order valence-corrected chi connectivity index (χ3v) is 4.34. The van der Waals surface area contributed by atoms with Gasteiger partial charge in [0.1, 0.15) is 0 Å². The number of benzene rings is 1. The molecule has 0 aliphatic carbocycles. The smallest absolute Gasteiger partial charge is 0.0765 e. The Morgan fingerprint density at radius 2 is 2.12 bits per heavy atom. The van der Waals surface area contributed by atoms with Crippen molar-refractivity contribution in [2.75, 3.05) is 18.8 Å². The average molecular weight is 258 g/mol. The van der Waals surface area contributed by atoms with Crippen molar-refractivity contribution in [2.24, 2.45) is 0 Å². The SMILES string of the molecule is OC1(CSc2cccc(Cl)c2)CCNCC1. The molecule has 1 aromatic carbocycles. The summed E-state index contributed by atoms with van der Waals surface area (Å²) in [5.41, 5.74) is -0.516. The molecule has 0 bridgehead atoms. The van der Waals surface area contributed by atoms with Crippen LogP contribution >= 0.6 is 23.4 Å². The molecule has 1 aliphatic heterocycles. The monoisotopic (exact) mass is 257 g/mol. The number of hydrogen-bond acceptors (Lipinski definition) is 3. The molecule has 1 aliphatic rings. The van der Waals surface area contributed by atoms with Crippen molar-refractivity contribution in [1.82, 2.24) is 5.32 Å². The third kappa shape index (κ3) is 3.39. The molecule has 16 heavy (non-hydrogen) atoms. The molecule has 4 heteroatoms. The molecule has 0 spiro atoms. The summed E-state index contributed by atoms with van der Waals surface area (Å²) >= 11 is 7.59. The number of aliphatic hydroxyl groups is 1. The van der Waals surface area contributed by atoms with Gasteiger partial charge in [0.05, 0.1) is 5.60 Å². The Bertz CT molecular complexity index is 353. The molecule has 88 valence electrons. The standard InChI is InChI=1S/C12H16ClNOS/c13-10-2-1-3-11(8-10)16-9-12(15)4-6-14-7-5-12/h1-3,8,14-15H,4-7,9H2. The van der Waals surface area contributed by atoms with Crippen LogP contribution in [0.5, 0.6) is 0 Å². The average Bonchev–Trinajstić information content (AvgIpc) is 2.28.